The molecule has 1 aromatic carbocycles. The van der Waals surface area contributed by atoms with Gasteiger partial charge in [-0.05, 0) is 0 Å². The first kappa shape index (κ1) is 12.4. The number of rotatable bonds is 2. The maximum atomic E-state index is 12.8. The normalized spacial score (nSPS) is 15.3. The lowest BCUT2D eigenvalue weighted by molar-refractivity contribution is 0.568. The third-order valence-corrected chi connectivity index (χ3v) is 8.52. The molecule has 80 valence electrons. The SMILES string of the molecule is CC(C)(C)P(=O)(SC#N)c1ccccc1. The molecule has 0 aromatic heterocycles. The molecular formula is C11H14NOPS. The molecule has 0 heterocycles. The molecule has 1 rings (SSSR count). The molecule has 1 atom stereocenters. The third kappa shape index (κ3) is 2.45. The molecule has 0 N–H and O–H groups in total. The monoisotopic (exact) mass is 239 g/mol. The average molecular weight is 239 g/mol. The van der Waals surface area contributed by atoms with Crippen LogP contribution in [0.5, 0.6) is 0 Å². The summed E-state index contributed by atoms with van der Waals surface area (Å²) < 4.78 is 12.8. The summed E-state index contributed by atoms with van der Waals surface area (Å²) in [5.41, 5.74) is 0. The highest BCUT2D eigenvalue weighted by atomic mass is 32.7. The summed E-state index contributed by atoms with van der Waals surface area (Å²) in [5, 5.41) is 11.1. The maximum Gasteiger partial charge on any atom is 0.185 e. The number of nitriles is 1. The van der Waals surface area contributed by atoms with Crippen molar-refractivity contribution in [3.05, 3.63) is 30.3 Å². The lowest BCUT2D eigenvalue weighted by Gasteiger charge is -2.28. The zero-order chi connectivity index (χ0) is 11.5. The van der Waals surface area contributed by atoms with Crippen LogP contribution < -0.4 is 5.30 Å². The van der Waals surface area contributed by atoms with Crippen molar-refractivity contribution in [2.75, 3.05) is 0 Å². The van der Waals surface area contributed by atoms with Crippen molar-refractivity contribution in [2.45, 2.75) is 25.9 Å². The lowest BCUT2D eigenvalue weighted by Crippen LogP contribution is -2.20. The van der Waals surface area contributed by atoms with Gasteiger partial charge >= 0.3 is 0 Å². The van der Waals surface area contributed by atoms with Gasteiger partial charge in [-0.15, -0.1) is 0 Å². The first-order valence-electron chi connectivity index (χ1n) is 4.65. The number of hydrogen-bond acceptors (Lipinski definition) is 3. The molecule has 0 saturated heterocycles. The van der Waals surface area contributed by atoms with E-state index in [1.165, 1.54) is 0 Å². The van der Waals surface area contributed by atoms with Gasteiger partial charge in [0, 0.05) is 21.8 Å². The number of nitrogens with zero attached hydrogens (tertiary/aromatic N) is 1. The molecule has 0 radical (unpaired) electrons. The van der Waals surface area contributed by atoms with Gasteiger partial charge in [0.25, 0.3) is 0 Å². The first-order chi connectivity index (χ1) is 6.92. The summed E-state index contributed by atoms with van der Waals surface area (Å²) in [4.78, 5) is 0. The summed E-state index contributed by atoms with van der Waals surface area (Å²) in [6.07, 6.45) is -2.70. The van der Waals surface area contributed by atoms with Gasteiger partial charge in [0.15, 0.2) is 6.34 Å². The molecule has 1 unspecified atom stereocenters. The number of benzene rings is 1. The minimum Gasteiger partial charge on any atom is -0.306 e. The van der Waals surface area contributed by atoms with E-state index < -0.39 is 11.5 Å². The van der Waals surface area contributed by atoms with Gasteiger partial charge in [-0.1, -0.05) is 51.1 Å². The maximum absolute atomic E-state index is 12.8. The third-order valence-electron chi connectivity index (χ3n) is 2.15. The Labute approximate surface area is 94.8 Å². The predicted molar refractivity (Wildman–Crippen MR) is 66.6 cm³/mol. The Kier molecular flexibility index (Phi) is 3.65. The van der Waals surface area contributed by atoms with E-state index in [2.05, 4.69) is 0 Å². The summed E-state index contributed by atoms with van der Waals surface area (Å²) >= 11 is 0.900. The van der Waals surface area contributed by atoms with E-state index in [0.29, 0.717) is 0 Å². The van der Waals surface area contributed by atoms with Crippen LogP contribution in [0.15, 0.2) is 30.3 Å². The van der Waals surface area contributed by atoms with Crippen LogP contribution in [-0.2, 0) is 4.57 Å². The zero-order valence-electron chi connectivity index (χ0n) is 9.10. The molecule has 2 nitrogen and oxygen atoms in total. The van der Waals surface area contributed by atoms with Crippen LogP contribution in [0.4, 0.5) is 0 Å². The topological polar surface area (TPSA) is 40.9 Å². The van der Waals surface area contributed by atoms with E-state index in [1.807, 2.05) is 56.5 Å². The standard InChI is InChI=1S/C11H14NOPS/c1-11(2,3)14(13,15-9-12)10-7-5-4-6-8-10/h4-8H,1-3H3. The highest BCUT2D eigenvalue weighted by Gasteiger charge is 2.39. The summed E-state index contributed by atoms with van der Waals surface area (Å²) in [7, 11) is 0. The Bertz CT molecular complexity index is 416. The van der Waals surface area contributed by atoms with E-state index in [4.69, 9.17) is 5.26 Å². The molecule has 0 saturated carbocycles. The lowest BCUT2D eigenvalue weighted by atomic mass is 10.3. The Hall–Kier alpha value is -0.710. The molecule has 0 bridgehead atoms. The quantitative estimate of drug-likeness (QED) is 0.584. The Balaban J connectivity index is 3.28. The average Bonchev–Trinajstić information content (AvgIpc) is 2.18. The fourth-order valence-electron chi connectivity index (χ4n) is 1.26. The molecule has 4 heteroatoms. The van der Waals surface area contributed by atoms with E-state index in [-0.39, 0.29) is 0 Å². The molecule has 0 fully saturated rings. The summed E-state index contributed by atoms with van der Waals surface area (Å²) in [6, 6.07) is 9.25. The van der Waals surface area contributed by atoms with Gasteiger partial charge in [0.2, 0.25) is 0 Å². The van der Waals surface area contributed by atoms with Gasteiger partial charge in [-0.3, -0.25) is 0 Å². The van der Waals surface area contributed by atoms with Gasteiger partial charge in [0.1, 0.15) is 5.40 Å². The Morgan fingerprint density at radius 1 is 1.27 bits per heavy atom. The fraction of sp³-hybridized carbons (Fsp3) is 0.364. The van der Waals surface area contributed by atoms with Gasteiger partial charge in [-0.2, -0.15) is 5.26 Å². The Morgan fingerprint density at radius 2 is 1.80 bits per heavy atom. The largest absolute Gasteiger partial charge is 0.306 e. The molecule has 0 aliphatic carbocycles. The second kappa shape index (κ2) is 4.43. The van der Waals surface area contributed by atoms with Crippen molar-refractivity contribution in [3.63, 3.8) is 0 Å². The highest BCUT2D eigenvalue weighted by Crippen LogP contribution is 2.66. The minimum absolute atomic E-state index is 0.394. The van der Waals surface area contributed by atoms with E-state index in [9.17, 15) is 4.57 Å². The van der Waals surface area contributed by atoms with E-state index in [1.54, 1.807) is 0 Å². The smallest absolute Gasteiger partial charge is 0.185 e. The molecule has 1 aromatic rings. The number of thiocyanates is 1. The molecule has 15 heavy (non-hydrogen) atoms. The van der Waals surface area contributed by atoms with Gasteiger partial charge < -0.3 is 4.57 Å². The zero-order valence-corrected chi connectivity index (χ0v) is 10.8. The van der Waals surface area contributed by atoms with Crippen molar-refractivity contribution < 1.29 is 4.57 Å². The summed E-state index contributed by atoms with van der Waals surface area (Å²) in [5.74, 6) is 0. The van der Waals surface area contributed by atoms with Crippen LogP contribution in [0.1, 0.15) is 20.8 Å². The van der Waals surface area contributed by atoms with Crippen molar-refractivity contribution in [2.24, 2.45) is 0 Å². The molecule has 0 aliphatic heterocycles. The van der Waals surface area contributed by atoms with Crippen LogP contribution in [0.3, 0.4) is 0 Å². The highest BCUT2D eigenvalue weighted by molar-refractivity contribution is 8.62. The molecule has 0 aliphatic rings. The molecule has 0 amide bonds. The van der Waals surface area contributed by atoms with Gasteiger partial charge in [0.05, 0.1) is 0 Å². The number of hydrogen-bond donors (Lipinski definition) is 0. The van der Waals surface area contributed by atoms with E-state index in [0.717, 1.165) is 16.7 Å². The van der Waals surface area contributed by atoms with Crippen molar-refractivity contribution in [1.29, 1.82) is 5.26 Å². The molecular weight excluding hydrogens is 225 g/mol. The van der Waals surface area contributed by atoms with Crippen LogP contribution in [0, 0.1) is 10.7 Å². The first-order valence-corrected chi connectivity index (χ1v) is 7.78. The summed E-state index contributed by atoms with van der Waals surface area (Å²) in [6.45, 7) is 5.72. The van der Waals surface area contributed by atoms with Crippen LogP contribution >= 0.6 is 17.7 Å². The van der Waals surface area contributed by atoms with Crippen LogP contribution in [0.25, 0.3) is 0 Å². The van der Waals surface area contributed by atoms with E-state index >= 15 is 0 Å². The Morgan fingerprint density at radius 3 is 2.20 bits per heavy atom. The van der Waals surface area contributed by atoms with Crippen molar-refractivity contribution >= 4 is 23.0 Å². The van der Waals surface area contributed by atoms with Crippen molar-refractivity contribution in [3.8, 4) is 5.40 Å². The van der Waals surface area contributed by atoms with Crippen molar-refractivity contribution in [1.82, 2.24) is 0 Å². The minimum atomic E-state index is -2.70. The van der Waals surface area contributed by atoms with Crippen LogP contribution in [0.2, 0.25) is 0 Å². The fourth-order valence-corrected chi connectivity index (χ4v) is 4.94. The second-order valence-corrected chi connectivity index (χ2v) is 9.66. The van der Waals surface area contributed by atoms with Gasteiger partial charge in [-0.25, -0.2) is 0 Å². The second-order valence-electron chi connectivity index (χ2n) is 4.24. The molecule has 0 spiro atoms. The predicted octanol–water partition coefficient (Wildman–Crippen LogP) is 3.60. The van der Waals surface area contributed by atoms with Crippen LogP contribution in [-0.4, -0.2) is 5.16 Å².